The molecular weight excluding hydrogens is 374 g/mol. The van der Waals surface area contributed by atoms with Crippen LogP contribution in [0.1, 0.15) is 11.3 Å². The number of carbonyl (C=O) groups is 1. The first kappa shape index (κ1) is 18.8. The number of anilines is 1. The van der Waals surface area contributed by atoms with Gasteiger partial charge in [-0.15, -0.1) is 11.8 Å². The van der Waals surface area contributed by atoms with Gasteiger partial charge in [-0.2, -0.15) is 5.10 Å². The van der Waals surface area contributed by atoms with Gasteiger partial charge < -0.3 is 14.1 Å². The van der Waals surface area contributed by atoms with Gasteiger partial charge in [0.2, 0.25) is 5.91 Å². The molecule has 0 bridgehead atoms. The molecule has 1 aliphatic heterocycles. The van der Waals surface area contributed by atoms with E-state index in [-0.39, 0.29) is 5.91 Å². The maximum absolute atomic E-state index is 11.8. The Morgan fingerprint density at radius 3 is 2.77 bits per heavy atom. The van der Waals surface area contributed by atoms with Crippen LogP contribution in [-0.4, -0.2) is 44.2 Å². The molecule has 1 aliphatic rings. The quantitative estimate of drug-likeness (QED) is 0.578. The van der Waals surface area contributed by atoms with Crippen molar-refractivity contribution >= 4 is 41.4 Å². The van der Waals surface area contributed by atoms with Crippen LogP contribution < -0.4 is 10.3 Å². The highest BCUT2D eigenvalue weighted by atomic mass is 35.5. The molecule has 0 aliphatic carbocycles. The van der Waals surface area contributed by atoms with Crippen LogP contribution in [0.4, 0.5) is 5.88 Å². The predicted molar refractivity (Wildman–Crippen MR) is 105 cm³/mol. The highest BCUT2D eigenvalue weighted by Crippen LogP contribution is 2.18. The summed E-state index contributed by atoms with van der Waals surface area (Å²) in [5, 5.41) is 4.65. The molecule has 0 spiro atoms. The van der Waals surface area contributed by atoms with Crippen molar-refractivity contribution in [3.05, 3.63) is 52.7 Å². The summed E-state index contributed by atoms with van der Waals surface area (Å²) >= 11 is 7.37. The number of nitrogens with one attached hydrogen (secondary N) is 1. The number of hydrogen-bond acceptors (Lipinski definition) is 6. The fraction of sp³-hybridized carbons (Fsp3) is 0.333. The predicted octanol–water partition coefficient (Wildman–Crippen LogP) is 3.15. The Kier molecular flexibility index (Phi) is 6.99. The molecule has 0 unspecified atom stereocenters. The molecule has 3 rings (SSSR count). The van der Waals surface area contributed by atoms with Crippen molar-refractivity contribution < 1.29 is 13.9 Å². The summed E-state index contributed by atoms with van der Waals surface area (Å²) in [6.45, 7) is 3.03. The maximum Gasteiger partial charge on any atom is 0.250 e. The van der Waals surface area contributed by atoms with Gasteiger partial charge in [-0.3, -0.25) is 4.79 Å². The number of halogens is 1. The maximum atomic E-state index is 11.8. The average molecular weight is 394 g/mol. The Hall–Kier alpha value is -1.96. The summed E-state index contributed by atoms with van der Waals surface area (Å²) in [5.74, 6) is 2.31. The van der Waals surface area contributed by atoms with Crippen LogP contribution in [0, 0.1) is 0 Å². The molecule has 1 saturated heterocycles. The number of hydrogen-bond donors (Lipinski definition) is 1. The smallest absolute Gasteiger partial charge is 0.250 e. The zero-order chi connectivity index (χ0) is 18.2. The molecule has 1 aromatic heterocycles. The summed E-state index contributed by atoms with van der Waals surface area (Å²) in [6.07, 6.45) is 1.51. The minimum absolute atomic E-state index is 0.153. The normalized spacial score (nSPS) is 14.7. The SMILES string of the molecule is O=C(CSCc1ccc(Cl)cc1)N/N=C\c1ccc(N2CCOCC2)o1. The summed E-state index contributed by atoms with van der Waals surface area (Å²) in [7, 11) is 0. The third-order valence-corrected chi connectivity index (χ3v) is 4.99. The van der Waals surface area contributed by atoms with E-state index in [4.69, 9.17) is 20.8 Å². The fourth-order valence-corrected chi connectivity index (χ4v) is 3.31. The molecule has 138 valence electrons. The molecule has 1 N–H and O–H groups in total. The van der Waals surface area contributed by atoms with Crippen molar-refractivity contribution in [3.63, 3.8) is 0 Å². The lowest BCUT2D eigenvalue weighted by Crippen LogP contribution is -2.35. The highest BCUT2D eigenvalue weighted by Gasteiger charge is 2.14. The number of thioether (sulfide) groups is 1. The van der Waals surface area contributed by atoms with Crippen molar-refractivity contribution in [1.82, 2.24) is 5.43 Å². The van der Waals surface area contributed by atoms with Gasteiger partial charge in [0.1, 0.15) is 5.76 Å². The number of furan rings is 1. The van der Waals surface area contributed by atoms with Gasteiger partial charge in [0.05, 0.1) is 25.2 Å². The molecule has 1 aromatic carbocycles. The largest absolute Gasteiger partial charge is 0.440 e. The number of morpholine rings is 1. The Balaban J connectivity index is 1.38. The molecule has 0 radical (unpaired) electrons. The van der Waals surface area contributed by atoms with E-state index in [9.17, 15) is 4.79 Å². The second kappa shape index (κ2) is 9.66. The highest BCUT2D eigenvalue weighted by molar-refractivity contribution is 7.99. The number of hydrazone groups is 1. The first-order valence-electron chi connectivity index (χ1n) is 8.27. The van der Waals surface area contributed by atoms with E-state index in [2.05, 4.69) is 15.4 Å². The summed E-state index contributed by atoms with van der Waals surface area (Å²) in [6, 6.07) is 11.3. The van der Waals surface area contributed by atoms with E-state index in [1.165, 1.54) is 18.0 Å². The molecule has 8 heteroatoms. The molecule has 2 aromatic rings. The fourth-order valence-electron chi connectivity index (χ4n) is 2.41. The van der Waals surface area contributed by atoms with Crippen molar-refractivity contribution in [2.75, 3.05) is 37.0 Å². The van der Waals surface area contributed by atoms with Crippen LogP contribution in [0.25, 0.3) is 0 Å². The van der Waals surface area contributed by atoms with Crippen LogP contribution in [0.3, 0.4) is 0 Å². The number of amides is 1. The third kappa shape index (κ3) is 5.79. The van der Waals surface area contributed by atoms with Gasteiger partial charge in [-0.1, -0.05) is 23.7 Å². The zero-order valence-corrected chi connectivity index (χ0v) is 15.8. The van der Waals surface area contributed by atoms with Gasteiger partial charge in [0, 0.05) is 29.9 Å². The van der Waals surface area contributed by atoms with Gasteiger partial charge in [-0.25, -0.2) is 5.43 Å². The first-order valence-corrected chi connectivity index (χ1v) is 9.80. The summed E-state index contributed by atoms with van der Waals surface area (Å²) < 4.78 is 11.0. The van der Waals surface area contributed by atoms with Gasteiger partial charge in [0.15, 0.2) is 5.88 Å². The molecular formula is C18H20ClN3O3S. The third-order valence-electron chi connectivity index (χ3n) is 3.73. The number of nitrogens with zero attached hydrogens (tertiary/aromatic N) is 2. The van der Waals surface area contributed by atoms with E-state index in [1.54, 1.807) is 0 Å². The minimum Gasteiger partial charge on any atom is -0.440 e. The van der Waals surface area contributed by atoms with Crippen LogP contribution in [0.15, 0.2) is 45.9 Å². The Morgan fingerprint density at radius 2 is 2.00 bits per heavy atom. The van der Waals surface area contributed by atoms with Crippen molar-refractivity contribution in [3.8, 4) is 0 Å². The van der Waals surface area contributed by atoms with Crippen LogP contribution in [-0.2, 0) is 15.3 Å². The molecule has 1 fully saturated rings. The van der Waals surface area contributed by atoms with Crippen LogP contribution >= 0.6 is 23.4 Å². The van der Waals surface area contributed by atoms with Crippen molar-refractivity contribution in [2.45, 2.75) is 5.75 Å². The van der Waals surface area contributed by atoms with Crippen molar-refractivity contribution in [2.24, 2.45) is 5.10 Å². The first-order chi connectivity index (χ1) is 12.7. The van der Waals surface area contributed by atoms with Gasteiger partial charge in [-0.05, 0) is 23.8 Å². The Labute approximate surface area is 161 Å². The monoisotopic (exact) mass is 393 g/mol. The second-order valence-electron chi connectivity index (χ2n) is 5.69. The number of carbonyl (C=O) groups excluding carboxylic acids is 1. The Bertz CT molecular complexity index is 742. The summed E-state index contributed by atoms with van der Waals surface area (Å²) in [4.78, 5) is 13.9. The number of rotatable bonds is 7. The molecule has 1 amide bonds. The number of ether oxygens (including phenoxy) is 1. The Morgan fingerprint density at radius 1 is 1.23 bits per heavy atom. The molecule has 0 atom stereocenters. The van der Waals surface area contributed by atoms with Gasteiger partial charge in [0.25, 0.3) is 0 Å². The van der Waals surface area contributed by atoms with E-state index in [1.807, 2.05) is 36.4 Å². The molecule has 2 heterocycles. The van der Waals surface area contributed by atoms with E-state index < -0.39 is 0 Å². The minimum atomic E-state index is -0.153. The lowest BCUT2D eigenvalue weighted by molar-refractivity contribution is -0.118. The van der Waals surface area contributed by atoms with E-state index >= 15 is 0 Å². The molecule has 0 saturated carbocycles. The lowest BCUT2D eigenvalue weighted by atomic mass is 10.2. The standard InChI is InChI=1S/C18H20ClN3O3S/c19-15-3-1-14(2-4-15)12-26-13-17(23)21-20-11-16-5-6-18(25-16)22-7-9-24-10-8-22/h1-6,11H,7-10,12-13H2,(H,21,23)/b20-11-. The second-order valence-corrected chi connectivity index (χ2v) is 7.11. The number of benzene rings is 1. The summed E-state index contributed by atoms with van der Waals surface area (Å²) in [5.41, 5.74) is 3.64. The van der Waals surface area contributed by atoms with Crippen LogP contribution in [0.2, 0.25) is 5.02 Å². The van der Waals surface area contributed by atoms with E-state index in [0.29, 0.717) is 29.7 Å². The topological polar surface area (TPSA) is 67.1 Å². The molecule has 26 heavy (non-hydrogen) atoms. The molecule has 6 nitrogen and oxygen atoms in total. The zero-order valence-electron chi connectivity index (χ0n) is 14.2. The lowest BCUT2D eigenvalue weighted by Gasteiger charge is -2.26. The van der Waals surface area contributed by atoms with Crippen LogP contribution in [0.5, 0.6) is 0 Å². The average Bonchev–Trinajstić information content (AvgIpc) is 3.13. The van der Waals surface area contributed by atoms with E-state index in [0.717, 1.165) is 30.3 Å². The van der Waals surface area contributed by atoms with Crippen molar-refractivity contribution in [1.29, 1.82) is 0 Å². The van der Waals surface area contributed by atoms with Gasteiger partial charge >= 0.3 is 0 Å².